The van der Waals surface area contributed by atoms with Crippen LogP contribution in [0.5, 0.6) is 0 Å². The molecule has 4 atom stereocenters. The maximum absolute atomic E-state index is 15.4. The molecule has 174 valence electrons. The second kappa shape index (κ2) is 8.54. The van der Waals surface area contributed by atoms with Gasteiger partial charge in [0.2, 0.25) is 0 Å². The lowest BCUT2D eigenvalue weighted by molar-refractivity contribution is -0.139. The van der Waals surface area contributed by atoms with E-state index < -0.39 is 41.0 Å². The van der Waals surface area contributed by atoms with Gasteiger partial charge in [0.1, 0.15) is 23.1 Å². The summed E-state index contributed by atoms with van der Waals surface area (Å²) in [6.45, 7) is 4.13. The van der Waals surface area contributed by atoms with Crippen LogP contribution in [-0.4, -0.2) is 23.2 Å². The first-order valence-corrected chi connectivity index (χ1v) is 11.6. The Morgan fingerprint density at radius 3 is 2.55 bits per heavy atom. The molecule has 2 aromatic rings. The molecule has 1 aliphatic heterocycles. The standard InChI is InChI=1S/C25H24Cl2F2N2O2/c1-24(2,13-6-7-13)11-19-25(12-30,16-9-8-14(26)10-18(16)28)20(22(31-19)23(32)33)15-4-3-5-17(27)21(15)29/h3-5,8-10,13,19-20,22,31H,6-7,11H2,1-2H3,(H,32,33)/t19?,20-,22+,25+/m0/s1. The minimum atomic E-state index is -1.71. The third-order valence-electron chi connectivity index (χ3n) is 7.31. The number of halogens is 4. The van der Waals surface area contributed by atoms with Gasteiger partial charge in [-0.2, -0.15) is 5.26 Å². The average Bonchev–Trinajstić information content (AvgIpc) is 3.55. The molecule has 2 aromatic carbocycles. The van der Waals surface area contributed by atoms with Crippen molar-refractivity contribution in [3.8, 4) is 6.07 Å². The fraction of sp³-hybridized carbons (Fsp3) is 0.440. The number of carbonyl (C=O) groups is 1. The number of hydrogen-bond acceptors (Lipinski definition) is 3. The summed E-state index contributed by atoms with van der Waals surface area (Å²) in [5.41, 5.74) is -1.99. The van der Waals surface area contributed by atoms with Gasteiger partial charge in [0.15, 0.2) is 0 Å². The number of carboxylic acids is 1. The Labute approximate surface area is 201 Å². The predicted molar refractivity (Wildman–Crippen MR) is 122 cm³/mol. The second-order valence-corrected chi connectivity index (χ2v) is 10.6. The fourth-order valence-corrected chi connectivity index (χ4v) is 5.83. The Morgan fingerprint density at radius 1 is 1.27 bits per heavy atom. The van der Waals surface area contributed by atoms with Gasteiger partial charge in [-0.05, 0) is 54.4 Å². The number of carboxylic acid groups (broad SMARTS) is 1. The van der Waals surface area contributed by atoms with Crippen molar-refractivity contribution in [2.45, 2.75) is 56.5 Å². The highest BCUT2D eigenvalue weighted by Crippen LogP contribution is 2.55. The third-order valence-corrected chi connectivity index (χ3v) is 7.84. The van der Waals surface area contributed by atoms with Crippen molar-refractivity contribution in [2.75, 3.05) is 0 Å². The molecule has 0 bridgehead atoms. The van der Waals surface area contributed by atoms with Crippen LogP contribution in [0, 0.1) is 34.3 Å². The zero-order chi connectivity index (χ0) is 24.1. The lowest BCUT2D eigenvalue weighted by atomic mass is 9.62. The SMILES string of the molecule is CC(C)(CC1N[C@@H](C(=O)O)[C@H](c2cccc(Cl)c2F)[C@]1(C#N)c1ccc(Cl)cc1F)C1CC1. The molecular weight excluding hydrogens is 469 g/mol. The Bertz CT molecular complexity index is 1150. The first kappa shape index (κ1) is 23.9. The van der Waals surface area contributed by atoms with Crippen molar-refractivity contribution in [2.24, 2.45) is 11.3 Å². The highest BCUT2D eigenvalue weighted by Gasteiger charge is 2.62. The van der Waals surface area contributed by atoms with Gasteiger partial charge in [0.05, 0.1) is 11.1 Å². The molecule has 2 N–H and O–H groups in total. The smallest absolute Gasteiger partial charge is 0.321 e. The van der Waals surface area contributed by atoms with Crippen LogP contribution in [0.25, 0.3) is 0 Å². The first-order valence-electron chi connectivity index (χ1n) is 10.8. The second-order valence-electron chi connectivity index (χ2n) is 9.73. The molecule has 4 rings (SSSR count). The van der Waals surface area contributed by atoms with E-state index in [1.54, 1.807) is 0 Å². The Balaban J connectivity index is 1.99. The number of rotatable bonds is 6. The zero-order valence-corrected chi connectivity index (χ0v) is 19.7. The number of nitrogens with zero attached hydrogens (tertiary/aromatic N) is 1. The molecule has 1 saturated heterocycles. The van der Waals surface area contributed by atoms with Crippen molar-refractivity contribution in [1.82, 2.24) is 5.32 Å². The van der Waals surface area contributed by atoms with Crippen LogP contribution in [0.2, 0.25) is 10.0 Å². The molecular formula is C25H24Cl2F2N2O2. The third kappa shape index (κ3) is 4.01. The maximum Gasteiger partial charge on any atom is 0.321 e. The number of hydrogen-bond donors (Lipinski definition) is 2. The molecule has 1 heterocycles. The molecule has 0 amide bonds. The molecule has 33 heavy (non-hydrogen) atoms. The molecule has 2 aliphatic rings. The van der Waals surface area contributed by atoms with Crippen LogP contribution in [0.4, 0.5) is 8.78 Å². The molecule has 0 radical (unpaired) electrons. The van der Waals surface area contributed by atoms with Crippen molar-refractivity contribution < 1.29 is 18.7 Å². The summed E-state index contributed by atoms with van der Waals surface area (Å²) >= 11 is 12.0. The summed E-state index contributed by atoms with van der Waals surface area (Å²) in [7, 11) is 0. The minimum Gasteiger partial charge on any atom is -0.480 e. The summed E-state index contributed by atoms with van der Waals surface area (Å²) < 4.78 is 30.7. The molecule has 8 heteroatoms. The van der Waals surface area contributed by atoms with Gasteiger partial charge in [-0.3, -0.25) is 10.1 Å². The number of aliphatic carboxylic acids is 1. The van der Waals surface area contributed by atoms with E-state index in [9.17, 15) is 15.2 Å². The van der Waals surface area contributed by atoms with E-state index in [1.807, 2.05) is 0 Å². The van der Waals surface area contributed by atoms with Crippen molar-refractivity contribution >= 4 is 29.2 Å². The van der Waals surface area contributed by atoms with Crippen molar-refractivity contribution in [3.63, 3.8) is 0 Å². The Hall–Kier alpha value is -2.20. The molecule has 0 spiro atoms. The van der Waals surface area contributed by atoms with E-state index in [0.717, 1.165) is 18.9 Å². The van der Waals surface area contributed by atoms with Gasteiger partial charge in [-0.15, -0.1) is 0 Å². The molecule has 1 saturated carbocycles. The summed E-state index contributed by atoms with van der Waals surface area (Å²) in [6, 6.07) is 8.39. The van der Waals surface area contributed by atoms with E-state index in [1.165, 1.54) is 30.3 Å². The lowest BCUT2D eigenvalue weighted by Gasteiger charge is -2.38. The zero-order valence-electron chi connectivity index (χ0n) is 18.2. The van der Waals surface area contributed by atoms with Crippen LogP contribution in [0.3, 0.4) is 0 Å². The molecule has 4 nitrogen and oxygen atoms in total. The summed E-state index contributed by atoms with van der Waals surface area (Å²) in [4.78, 5) is 12.4. The fourth-order valence-electron chi connectivity index (χ4n) is 5.49. The highest BCUT2D eigenvalue weighted by molar-refractivity contribution is 6.31. The first-order chi connectivity index (χ1) is 15.5. The maximum atomic E-state index is 15.4. The molecule has 1 aliphatic carbocycles. The Morgan fingerprint density at radius 2 is 1.97 bits per heavy atom. The average molecular weight is 493 g/mol. The van der Waals surface area contributed by atoms with Crippen molar-refractivity contribution in [1.29, 1.82) is 5.26 Å². The number of benzene rings is 2. The van der Waals surface area contributed by atoms with Gasteiger partial charge in [0, 0.05) is 22.5 Å². The number of nitrogens with one attached hydrogen (secondary N) is 1. The van der Waals surface area contributed by atoms with E-state index >= 15 is 8.78 Å². The number of nitriles is 1. The highest BCUT2D eigenvalue weighted by atomic mass is 35.5. The van der Waals surface area contributed by atoms with Gasteiger partial charge in [-0.1, -0.05) is 55.2 Å². The summed E-state index contributed by atoms with van der Waals surface area (Å²) in [5, 5.41) is 23.8. The molecule has 2 fully saturated rings. The van der Waals surface area contributed by atoms with Gasteiger partial charge >= 0.3 is 5.97 Å². The van der Waals surface area contributed by atoms with Crippen LogP contribution in [-0.2, 0) is 10.2 Å². The van der Waals surface area contributed by atoms with Crippen LogP contribution < -0.4 is 5.32 Å². The molecule has 1 unspecified atom stereocenters. The monoisotopic (exact) mass is 492 g/mol. The van der Waals surface area contributed by atoms with Crippen LogP contribution in [0.15, 0.2) is 36.4 Å². The lowest BCUT2D eigenvalue weighted by Crippen LogP contribution is -2.45. The van der Waals surface area contributed by atoms with E-state index in [4.69, 9.17) is 23.2 Å². The van der Waals surface area contributed by atoms with Crippen LogP contribution in [0.1, 0.15) is 50.2 Å². The summed E-state index contributed by atoms with van der Waals surface area (Å²) in [5.74, 6) is -3.60. The van der Waals surface area contributed by atoms with Gasteiger partial charge < -0.3 is 5.11 Å². The quantitative estimate of drug-likeness (QED) is 0.513. The van der Waals surface area contributed by atoms with Crippen LogP contribution >= 0.6 is 23.2 Å². The Kier molecular flexibility index (Phi) is 6.20. The minimum absolute atomic E-state index is 0.00776. The van der Waals surface area contributed by atoms with E-state index in [-0.39, 0.29) is 26.6 Å². The normalized spacial score (nSPS) is 27.4. The van der Waals surface area contributed by atoms with Gasteiger partial charge in [-0.25, -0.2) is 8.78 Å². The van der Waals surface area contributed by atoms with E-state index in [0.29, 0.717) is 12.3 Å². The largest absolute Gasteiger partial charge is 0.480 e. The van der Waals surface area contributed by atoms with E-state index in [2.05, 4.69) is 25.2 Å². The van der Waals surface area contributed by atoms with Gasteiger partial charge in [0.25, 0.3) is 0 Å². The predicted octanol–water partition coefficient (Wildman–Crippen LogP) is 6.07. The topological polar surface area (TPSA) is 73.1 Å². The summed E-state index contributed by atoms with van der Waals surface area (Å²) in [6.07, 6.45) is 2.50. The van der Waals surface area contributed by atoms with Crippen molar-refractivity contribution in [3.05, 3.63) is 69.2 Å². The molecule has 0 aromatic heterocycles.